The number of ether oxygens (including phenoxy) is 3. The molecule has 0 saturated carbocycles. The first kappa shape index (κ1) is 28.8. The van der Waals surface area contributed by atoms with Crippen LogP contribution in [0.1, 0.15) is 12.6 Å². The third-order valence-electron chi connectivity index (χ3n) is 4.51. The number of anilines is 1. The normalized spacial score (nSPS) is 23.9. The van der Waals surface area contributed by atoms with Crippen molar-refractivity contribution < 1.29 is 60.6 Å². The van der Waals surface area contributed by atoms with Gasteiger partial charge in [0.1, 0.15) is 19.1 Å². The molecular weight excluding hydrogens is 553 g/mol. The Morgan fingerprint density at radius 2 is 1.97 bits per heavy atom. The van der Waals surface area contributed by atoms with Gasteiger partial charge in [0.25, 0.3) is 5.56 Å². The van der Waals surface area contributed by atoms with E-state index in [0.29, 0.717) is 0 Å². The van der Waals surface area contributed by atoms with E-state index in [1.807, 2.05) is 0 Å². The Hall–Kier alpha value is -1.75. The van der Waals surface area contributed by atoms with Crippen LogP contribution in [-0.4, -0.2) is 66.3 Å². The van der Waals surface area contributed by atoms with E-state index in [0.717, 1.165) is 0 Å². The Labute approximate surface area is 202 Å². The minimum atomic E-state index is -5.69. The van der Waals surface area contributed by atoms with Crippen LogP contribution in [0.3, 0.4) is 0 Å². The summed E-state index contributed by atoms with van der Waals surface area (Å²) in [7, 11) is -16.6. The molecule has 5 atom stereocenters. The molecule has 21 heteroatoms. The maximum atomic E-state index is 12.1. The minimum Gasteiger partial charge on any atom is -0.369 e. The number of aromatic nitrogens is 3. The topological polar surface area (TPSA) is 264 Å². The Kier molecular flexibility index (Phi) is 9.07. The van der Waals surface area contributed by atoms with Crippen LogP contribution in [0.5, 0.6) is 0 Å². The third kappa shape index (κ3) is 7.87. The number of hydrogen-bond acceptors (Lipinski definition) is 12. The summed E-state index contributed by atoms with van der Waals surface area (Å²) in [5.41, 5.74) is 5.33. The van der Waals surface area contributed by atoms with Gasteiger partial charge in [-0.3, -0.25) is 14.3 Å². The lowest BCUT2D eigenvalue weighted by molar-refractivity contribution is -0.112. The van der Waals surface area contributed by atoms with Gasteiger partial charge in [-0.25, -0.2) is 13.7 Å². The molecule has 3 heterocycles. The van der Waals surface area contributed by atoms with Crippen LogP contribution in [0.4, 0.5) is 5.95 Å². The fraction of sp³-hybridized carbons (Fsp3) is 0.467. The summed E-state index contributed by atoms with van der Waals surface area (Å²) in [6, 6.07) is 1.48. The zero-order valence-corrected chi connectivity index (χ0v) is 20.9. The summed E-state index contributed by atoms with van der Waals surface area (Å²) in [5.74, 6) is -0.139. The lowest BCUT2D eigenvalue weighted by Gasteiger charge is -2.21. The molecule has 3 rings (SSSR count). The molecule has 3 unspecified atom stereocenters. The number of nitrogens with one attached hydrogen (secondary N) is 1. The van der Waals surface area contributed by atoms with Crippen molar-refractivity contribution in [3.05, 3.63) is 35.3 Å². The largest absolute Gasteiger partial charge is 0.490 e. The summed E-state index contributed by atoms with van der Waals surface area (Å²) in [4.78, 5) is 54.8. The second kappa shape index (κ2) is 11.3. The zero-order valence-electron chi connectivity index (χ0n) is 18.2. The third-order valence-corrected chi connectivity index (χ3v) is 8.31. The van der Waals surface area contributed by atoms with Crippen molar-refractivity contribution in [2.24, 2.45) is 0 Å². The molecule has 0 spiro atoms. The van der Waals surface area contributed by atoms with Gasteiger partial charge in [0.2, 0.25) is 5.95 Å². The van der Waals surface area contributed by atoms with Crippen molar-refractivity contribution >= 4 is 40.4 Å². The summed E-state index contributed by atoms with van der Waals surface area (Å²) < 4.78 is 64.5. The summed E-state index contributed by atoms with van der Waals surface area (Å²) in [6.45, 7) is 2.68. The first-order valence-electron chi connectivity index (χ1n) is 9.80. The molecule has 0 bridgehead atoms. The molecule has 2 aromatic rings. The highest BCUT2D eigenvalue weighted by molar-refractivity contribution is 7.66. The molecule has 18 nitrogen and oxygen atoms in total. The number of nitrogens with zero attached hydrogens (tertiary/aromatic N) is 2. The Morgan fingerprint density at radius 1 is 1.25 bits per heavy atom. The standard InChI is InChI=1S/C15H23N4O14P3/c1-2-5-28-8-29-10-6-12(19-4-3-9-13(19)17-15(16)18-14(9)20)31-11(10)7-30-35(24,25)33-36(26,27)32-34(21,22)23/h2-4,10-12H,1,5-8H2,(H,24,25)(H,26,27)(H2,21,22,23)(H3,16,17,18,20)/t10-,11?,12-/m1/s1. The maximum absolute atomic E-state index is 12.1. The Bertz CT molecular complexity index is 1290. The van der Waals surface area contributed by atoms with Gasteiger partial charge >= 0.3 is 23.5 Å². The van der Waals surface area contributed by atoms with Gasteiger partial charge in [-0.05, 0) is 6.07 Å². The number of H-pyrrole nitrogens is 1. The van der Waals surface area contributed by atoms with Crippen LogP contribution in [0.15, 0.2) is 29.7 Å². The summed E-state index contributed by atoms with van der Waals surface area (Å²) in [5, 5.41) is 0.219. The number of hydrogen-bond donors (Lipinski definition) is 6. The predicted molar refractivity (Wildman–Crippen MR) is 119 cm³/mol. The van der Waals surface area contributed by atoms with Crippen LogP contribution in [0, 0.1) is 0 Å². The van der Waals surface area contributed by atoms with Crippen LogP contribution in [-0.2, 0) is 41.1 Å². The quantitative estimate of drug-likeness (QED) is 0.0819. The first-order chi connectivity index (χ1) is 16.7. The van der Waals surface area contributed by atoms with Crippen LogP contribution in [0.25, 0.3) is 11.0 Å². The van der Waals surface area contributed by atoms with Gasteiger partial charge in [0.05, 0.1) is 24.7 Å². The van der Waals surface area contributed by atoms with Crippen LogP contribution >= 0.6 is 23.5 Å². The number of fused-ring (bicyclic) bond motifs is 1. The number of phosphoric acid groups is 3. The maximum Gasteiger partial charge on any atom is 0.490 e. The summed E-state index contributed by atoms with van der Waals surface area (Å²) in [6.07, 6.45) is 0.347. The highest BCUT2D eigenvalue weighted by Crippen LogP contribution is 2.66. The van der Waals surface area contributed by atoms with Crippen molar-refractivity contribution in [1.82, 2.24) is 14.5 Å². The van der Waals surface area contributed by atoms with Crippen LogP contribution < -0.4 is 11.3 Å². The van der Waals surface area contributed by atoms with Gasteiger partial charge in [0.15, 0.2) is 5.65 Å². The smallest absolute Gasteiger partial charge is 0.369 e. The van der Waals surface area contributed by atoms with E-state index in [-0.39, 0.29) is 36.8 Å². The van der Waals surface area contributed by atoms with E-state index < -0.39 is 54.1 Å². The van der Waals surface area contributed by atoms with Gasteiger partial charge in [-0.2, -0.15) is 13.6 Å². The van der Waals surface area contributed by atoms with Crippen molar-refractivity contribution in [3.63, 3.8) is 0 Å². The molecular formula is C15H23N4O14P3. The first-order valence-corrected chi connectivity index (χ1v) is 14.3. The molecule has 0 radical (unpaired) electrons. The molecule has 36 heavy (non-hydrogen) atoms. The fourth-order valence-electron chi connectivity index (χ4n) is 3.23. The molecule has 1 saturated heterocycles. The van der Waals surface area contributed by atoms with Crippen molar-refractivity contribution in [3.8, 4) is 0 Å². The SMILES string of the molecule is C=CCOCO[C@@H]1C[C@H](n2ccc3c(=O)[nH]c(N)nc32)OC1COP(=O)(O)OP(=O)(O)OP(=O)(O)O. The number of aromatic amines is 1. The molecule has 1 aliphatic rings. The van der Waals surface area contributed by atoms with E-state index in [1.54, 1.807) is 0 Å². The van der Waals surface area contributed by atoms with E-state index in [1.165, 1.54) is 22.9 Å². The van der Waals surface area contributed by atoms with Crippen molar-refractivity contribution in [2.75, 3.05) is 25.7 Å². The van der Waals surface area contributed by atoms with Gasteiger partial charge in [-0.1, -0.05) is 6.08 Å². The van der Waals surface area contributed by atoms with E-state index in [9.17, 15) is 28.3 Å². The number of nitrogens with two attached hydrogens (primary N) is 1. The Morgan fingerprint density at radius 3 is 2.64 bits per heavy atom. The van der Waals surface area contributed by atoms with Gasteiger partial charge in [0, 0.05) is 12.6 Å². The monoisotopic (exact) mass is 576 g/mol. The van der Waals surface area contributed by atoms with Crippen LogP contribution in [0.2, 0.25) is 0 Å². The summed E-state index contributed by atoms with van der Waals surface area (Å²) >= 11 is 0. The van der Waals surface area contributed by atoms with Gasteiger partial charge < -0.3 is 44.1 Å². The highest BCUT2D eigenvalue weighted by Gasteiger charge is 2.43. The van der Waals surface area contributed by atoms with E-state index in [2.05, 4.69) is 29.7 Å². The molecule has 0 amide bonds. The average molecular weight is 576 g/mol. The molecule has 0 aromatic carbocycles. The van der Waals surface area contributed by atoms with E-state index >= 15 is 0 Å². The highest BCUT2D eigenvalue weighted by atomic mass is 31.3. The number of phosphoric ester groups is 1. The molecule has 2 aromatic heterocycles. The number of rotatable bonds is 13. The second-order valence-corrected chi connectivity index (χ2v) is 11.6. The lowest BCUT2D eigenvalue weighted by atomic mass is 10.2. The molecule has 1 fully saturated rings. The average Bonchev–Trinajstić information content (AvgIpc) is 3.31. The van der Waals surface area contributed by atoms with Gasteiger partial charge in [-0.15, -0.1) is 6.58 Å². The fourth-order valence-corrected chi connectivity index (χ4v) is 6.26. The minimum absolute atomic E-state index is 0.111. The molecule has 7 N–H and O–H groups in total. The second-order valence-electron chi connectivity index (χ2n) is 7.15. The molecule has 0 aliphatic carbocycles. The van der Waals surface area contributed by atoms with Crippen molar-refractivity contribution in [1.29, 1.82) is 0 Å². The van der Waals surface area contributed by atoms with E-state index in [4.69, 9.17) is 29.7 Å². The number of nitrogen functional groups attached to an aromatic ring is 1. The molecule has 202 valence electrons. The predicted octanol–water partition coefficient (Wildman–Crippen LogP) is 0.483. The zero-order chi connectivity index (χ0) is 26.7. The Balaban J connectivity index is 1.75. The lowest BCUT2D eigenvalue weighted by Crippen LogP contribution is -2.29. The van der Waals surface area contributed by atoms with Crippen molar-refractivity contribution in [2.45, 2.75) is 24.9 Å². The molecule has 1 aliphatic heterocycles.